The second kappa shape index (κ2) is 4.50. The minimum atomic E-state index is 0.937. The van der Waals surface area contributed by atoms with E-state index in [4.69, 9.17) is 4.42 Å². The number of halogens is 1. The zero-order valence-electron chi connectivity index (χ0n) is 10.6. The van der Waals surface area contributed by atoms with E-state index in [-0.39, 0.29) is 0 Å². The molecule has 0 saturated carbocycles. The van der Waals surface area contributed by atoms with Gasteiger partial charge in [0.25, 0.3) is 0 Å². The molecule has 0 N–H and O–H groups in total. The standard InChI is InChI=1S/C18H11BrO/c19-17-11-20-18-14-9-5-4-8-13(14)15(10-16(17)18)12-6-2-1-3-7-12/h1-11H. The lowest BCUT2D eigenvalue weighted by Gasteiger charge is -2.08. The van der Waals surface area contributed by atoms with Crippen LogP contribution in [-0.2, 0) is 0 Å². The SMILES string of the molecule is Brc1coc2c1cc(-c1ccccc1)c1ccccc12. The second-order valence-electron chi connectivity index (χ2n) is 4.80. The molecule has 0 aliphatic rings. The van der Waals surface area contributed by atoms with Crippen LogP contribution in [0.1, 0.15) is 0 Å². The molecule has 0 atom stereocenters. The molecule has 0 saturated heterocycles. The molecule has 96 valence electrons. The van der Waals surface area contributed by atoms with Crippen LogP contribution in [0.15, 0.2) is 75.8 Å². The van der Waals surface area contributed by atoms with Crippen LogP contribution in [0.4, 0.5) is 0 Å². The van der Waals surface area contributed by atoms with Crippen molar-refractivity contribution >= 4 is 37.7 Å². The number of rotatable bonds is 1. The average Bonchev–Trinajstić information content (AvgIpc) is 2.89. The zero-order valence-corrected chi connectivity index (χ0v) is 12.2. The van der Waals surface area contributed by atoms with Crippen molar-refractivity contribution in [2.75, 3.05) is 0 Å². The van der Waals surface area contributed by atoms with Gasteiger partial charge in [-0.3, -0.25) is 0 Å². The van der Waals surface area contributed by atoms with Crippen LogP contribution in [0.5, 0.6) is 0 Å². The molecule has 1 heterocycles. The maximum atomic E-state index is 5.71. The Morgan fingerprint density at radius 1 is 0.750 bits per heavy atom. The predicted molar refractivity (Wildman–Crippen MR) is 86.9 cm³/mol. The molecule has 0 bridgehead atoms. The van der Waals surface area contributed by atoms with Crippen LogP contribution in [0.3, 0.4) is 0 Å². The van der Waals surface area contributed by atoms with Gasteiger partial charge in [0.1, 0.15) is 11.8 Å². The number of fused-ring (bicyclic) bond motifs is 3. The van der Waals surface area contributed by atoms with E-state index in [1.807, 2.05) is 12.1 Å². The van der Waals surface area contributed by atoms with Crippen molar-refractivity contribution in [3.05, 3.63) is 71.4 Å². The Morgan fingerprint density at radius 3 is 2.25 bits per heavy atom. The van der Waals surface area contributed by atoms with E-state index in [2.05, 4.69) is 64.5 Å². The van der Waals surface area contributed by atoms with Crippen molar-refractivity contribution in [1.29, 1.82) is 0 Å². The Kier molecular flexibility index (Phi) is 2.64. The molecule has 1 aromatic heterocycles. The van der Waals surface area contributed by atoms with Gasteiger partial charge in [0.2, 0.25) is 0 Å². The van der Waals surface area contributed by atoms with Gasteiger partial charge in [0, 0.05) is 10.8 Å². The molecule has 2 heteroatoms. The van der Waals surface area contributed by atoms with Crippen LogP contribution < -0.4 is 0 Å². The van der Waals surface area contributed by atoms with Gasteiger partial charge in [-0.1, -0.05) is 54.6 Å². The van der Waals surface area contributed by atoms with Crippen molar-refractivity contribution in [2.45, 2.75) is 0 Å². The Morgan fingerprint density at radius 2 is 1.45 bits per heavy atom. The Labute approximate surface area is 125 Å². The summed E-state index contributed by atoms with van der Waals surface area (Å²) in [5.74, 6) is 0. The van der Waals surface area contributed by atoms with Crippen molar-refractivity contribution in [3.8, 4) is 11.1 Å². The second-order valence-corrected chi connectivity index (χ2v) is 5.65. The fourth-order valence-corrected chi connectivity index (χ4v) is 3.07. The summed E-state index contributed by atoms with van der Waals surface area (Å²) in [5.41, 5.74) is 3.39. The van der Waals surface area contributed by atoms with Crippen LogP contribution in [0.25, 0.3) is 32.9 Å². The number of hydrogen-bond acceptors (Lipinski definition) is 1. The smallest absolute Gasteiger partial charge is 0.142 e. The fourth-order valence-electron chi connectivity index (χ4n) is 2.68. The first-order valence-electron chi connectivity index (χ1n) is 6.48. The lowest BCUT2D eigenvalue weighted by atomic mass is 9.96. The van der Waals surface area contributed by atoms with Gasteiger partial charge in [-0.15, -0.1) is 0 Å². The van der Waals surface area contributed by atoms with Gasteiger partial charge in [0.15, 0.2) is 0 Å². The number of furan rings is 1. The summed E-state index contributed by atoms with van der Waals surface area (Å²) in [6, 6.07) is 21.0. The molecule has 0 fully saturated rings. The Bertz CT molecular complexity index is 907. The van der Waals surface area contributed by atoms with Crippen LogP contribution in [0.2, 0.25) is 0 Å². The van der Waals surface area contributed by atoms with Crippen molar-refractivity contribution in [2.24, 2.45) is 0 Å². The molecule has 4 rings (SSSR count). The van der Waals surface area contributed by atoms with Crippen LogP contribution >= 0.6 is 15.9 Å². The van der Waals surface area contributed by atoms with Crippen LogP contribution in [0, 0.1) is 0 Å². The third-order valence-corrected chi connectivity index (χ3v) is 4.23. The van der Waals surface area contributed by atoms with E-state index in [1.54, 1.807) is 6.26 Å². The Balaban J connectivity index is 2.20. The summed E-state index contributed by atoms with van der Waals surface area (Å²) in [6.07, 6.45) is 1.76. The highest BCUT2D eigenvalue weighted by Crippen LogP contribution is 2.38. The number of hydrogen-bond donors (Lipinski definition) is 0. The maximum Gasteiger partial charge on any atom is 0.142 e. The summed E-state index contributed by atoms with van der Waals surface area (Å²) in [6.45, 7) is 0. The molecule has 20 heavy (non-hydrogen) atoms. The lowest BCUT2D eigenvalue weighted by Crippen LogP contribution is -1.82. The van der Waals surface area contributed by atoms with Crippen molar-refractivity contribution in [3.63, 3.8) is 0 Å². The highest BCUT2D eigenvalue weighted by molar-refractivity contribution is 9.10. The van der Waals surface area contributed by atoms with Gasteiger partial charge in [-0.2, -0.15) is 0 Å². The summed E-state index contributed by atoms with van der Waals surface area (Å²) in [4.78, 5) is 0. The molecule has 3 aromatic carbocycles. The maximum absolute atomic E-state index is 5.71. The fraction of sp³-hybridized carbons (Fsp3) is 0. The van der Waals surface area contributed by atoms with E-state index >= 15 is 0 Å². The number of benzene rings is 3. The largest absolute Gasteiger partial charge is 0.462 e. The average molecular weight is 323 g/mol. The highest BCUT2D eigenvalue weighted by Gasteiger charge is 2.12. The van der Waals surface area contributed by atoms with E-state index < -0.39 is 0 Å². The van der Waals surface area contributed by atoms with E-state index in [9.17, 15) is 0 Å². The molecule has 0 amide bonds. The normalized spacial score (nSPS) is 11.2. The minimum absolute atomic E-state index is 0.937. The topological polar surface area (TPSA) is 13.1 Å². The van der Waals surface area contributed by atoms with Gasteiger partial charge < -0.3 is 4.42 Å². The first-order valence-corrected chi connectivity index (χ1v) is 7.28. The molecule has 0 aliphatic carbocycles. The van der Waals surface area contributed by atoms with Gasteiger partial charge in [0.05, 0.1) is 4.47 Å². The van der Waals surface area contributed by atoms with Gasteiger partial charge >= 0.3 is 0 Å². The first-order chi connectivity index (χ1) is 9.84. The van der Waals surface area contributed by atoms with E-state index in [0.717, 1.165) is 20.8 Å². The summed E-state index contributed by atoms with van der Waals surface area (Å²) in [5, 5.41) is 3.48. The predicted octanol–water partition coefficient (Wildman–Crippen LogP) is 6.02. The van der Waals surface area contributed by atoms with Crippen molar-refractivity contribution in [1.82, 2.24) is 0 Å². The molecule has 0 radical (unpaired) electrons. The quantitative estimate of drug-likeness (QED) is 0.418. The zero-order chi connectivity index (χ0) is 13.5. The lowest BCUT2D eigenvalue weighted by molar-refractivity contribution is 0.617. The minimum Gasteiger partial charge on any atom is -0.462 e. The molecule has 0 spiro atoms. The first kappa shape index (κ1) is 11.7. The monoisotopic (exact) mass is 322 g/mol. The van der Waals surface area contributed by atoms with Gasteiger partial charge in [-0.05, 0) is 38.5 Å². The van der Waals surface area contributed by atoms with E-state index in [1.165, 1.54) is 16.5 Å². The summed E-state index contributed by atoms with van der Waals surface area (Å²) >= 11 is 3.57. The van der Waals surface area contributed by atoms with Crippen LogP contribution in [-0.4, -0.2) is 0 Å². The highest BCUT2D eigenvalue weighted by atomic mass is 79.9. The molecular weight excluding hydrogens is 312 g/mol. The van der Waals surface area contributed by atoms with E-state index in [0.29, 0.717) is 0 Å². The third-order valence-electron chi connectivity index (χ3n) is 3.62. The summed E-state index contributed by atoms with van der Waals surface area (Å²) < 4.78 is 6.70. The van der Waals surface area contributed by atoms with Crippen molar-refractivity contribution < 1.29 is 4.42 Å². The van der Waals surface area contributed by atoms with Gasteiger partial charge in [-0.25, -0.2) is 0 Å². The Hall–Kier alpha value is -2.06. The summed E-state index contributed by atoms with van der Waals surface area (Å²) in [7, 11) is 0. The molecule has 0 aliphatic heterocycles. The molecule has 4 aromatic rings. The molecule has 1 nitrogen and oxygen atoms in total. The molecule has 0 unspecified atom stereocenters. The third kappa shape index (κ3) is 1.69. The molecular formula is C18H11BrO.